The van der Waals surface area contributed by atoms with E-state index in [1.165, 1.54) is 4.90 Å². The Balaban J connectivity index is 1.85. The smallest absolute Gasteiger partial charge is 0.234 e. The number of carbonyl (C=O) groups excluding carboxylic acids is 2. The van der Waals surface area contributed by atoms with Crippen molar-refractivity contribution in [3.63, 3.8) is 0 Å². The molecule has 2 unspecified atom stereocenters. The van der Waals surface area contributed by atoms with Gasteiger partial charge in [-0.25, -0.2) is 0 Å². The van der Waals surface area contributed by atoms with Gasteiger partial charge < -0.3 is 5.11 Å². The summed E-state index contributed by atoms with van der Waals surface area (Å²) in [5, 5.41) is 9.77. The average Bonchev–Trinajstić information content (AvgIpc) is 2.49. The molecule has 2 aliphatic carbocycles. The molecule has 2 saturated carbocycles. The predicted molar refractivity (Wildman–Crippen MR) is 56.3 cm³/mol. The zero-order valence-electron chi connectivity index (χ0n) is 9.64. The number of fused-ring (bicyclic) bond motifs is 1. The van der Waals surface area contributed by atoms with Crippen molar-refractivity contribution in [3.05, 3.63) is 0 Å². The number of hydrogen-bond donors (Lipinski definition) is 1. The highest BCUT2D eigenvalue weighted by Crippen LogP contribution is 2.63. The Bertz CT molecular complexity index is 352. The maximum Gasteiger partial charge on any atom is 0.234 e. The van der Waals surface area contributed by atoms with Crippen molar-refractivity contribution in [1.82, 2.24) is 4.90 Å². The molecule has 4 heteroatoms. The first kappa shape index (κ1) is 10.3. The van der Waals surface area contributed by atoms with E-state index >= 15 is 0 Å². The van der Waals surface area contributed by atoms with Crippen LogP contribution in [0.4, 0.5) is 0 Å². The topological polar surface area (TPSA) is 57.6 Å². The summed E-state index contributed by atoms with van der Waals surface area (Å²) in [5.74, 6) is -0.336. The van der Waals surface area contributed by atoms with E-state index in [9.17, 15) is 14.7 Å². The Kier molecular flexibility index (Phi) is 1.83. The van der Waals surface area contributed by atoms with Crippen LogP contribution in [-0.2, 0) is 9.59 Å². The van der Waals surface area contributed by atoms with Crippen LogP contribution in [0.2, 0.25) is 0 Å². The molecule has 4 atom stereocenters. The Morgan fingerprint density at radius 1 is 1.19 bits per heavy atom. The third kappa shape index (κ3) is 1.03. The third-order valence-corrected chi connectivity index (χ3v) is 4.61. The highest BCUT2D eigenvalue weighted by molar-refractivity contribution is 6.10. The number of aliphatic hydroxyl groups excluding tert-OH is 1. The molecule has 1 N–H and O–H groups in total. The lowest BCUT2D eigenvalue weighted by molar-refractivity contribution is -0.148. The minimum Gasteiger partial charge on any atom is -0.391 e. The number of aliphatic hydroxyl groups is 1. The van der Waals surface area contributed by atoms with E-state index in [1.54, 1.807) is 0 Å². The third-order valence-electron chi connectivity index (χ3n) is 4.61. The zero-order valence-corrected chi connectivity index (χ0v) is 9.64. The van der Waals surface area contributed by atoms with Gasteiger partial charge >= 0.3 is 0 Å². The Hall–Kier alpha value is -0.900. The molecule has 2 amide bonds. The molecule has 1 heterocycles. The Morgan fingerprint density at radius 2 is 1.75 bits per heavy atom. The summed E-state index contributed by atoms with van der Waals surface area (Å²) < 4.78 is 0. The van der Waals surface area contributed by atoms with Gasteiger partial charge in [0.1, 0.15) is 0 Å². The van der Waals surface area contributed by atoms with Crippen molar-refractivity contribution >= 4 is 11.8 Å². The van der Waals surface area contributed by atoms with Gasteiger partial charge in [0, 0.05) is 0 Å². The van der Waals surface area contributed by atoms with Crippen LogP contribution in [0.15, 0.2) is 0 Å². The zero-order chi connectivity index (χ0) is 11.7. The first-order valence-corrected chi connectivity index (χ1v) is 6.01. The van der Waals surface area contributed by atoms with Crippen LogP contribution in [0.3, 0.4) is 0 Å². The molecule has 1 aliphatic heterocycles. The number of nitrogens with zero attached hydrogens (tertiary/aromatic N) is 1. The first-order valence-electron chi connectivity index (χ1n) is 6.01. The van der Waals surface area contributed by atoms with E-state index in [4.69, 9.17) is 0 Å². The molecule has 0 bridgehead atoms. The number of carbonyl (C=O) groups is 2. The van der Waals surface area contributed by atoms with E-state index in [0.717, 1.165) is 12.8 Å². The summed E-state index contributed by atoms with van der Waals surface area (Å²) in [7, 11) is 0. The van der Waals surface area contributed by atoms with Gasteiger partial charge in [-0.2, -0.15) is 0 Å². The second-order valence-electron chi connectivity index (χ2n) is 5.89. The quantitative estimate of drug-likeness (QED) is 0.660. The number of piperidine rings is 1. The number of hydrogen-bond acceptors (Lipinski definition) is 3. The molecule has 1 saturated heterocycles. The normalized spacial score (nSPS) is 45.1. The molecule has 0 spiro atoms. The largest absolute Gasteiger partial charge is 0.391 e. The Morgan fingerprint density at radius 3 is 2.19 bits per heavy atom. The van der Waals surface area contributed by atoms with Gasteiger partial charge in [0.05, 0.1) is 24.0 Å². The van der Waals surface area contributed by atoms with Crippen LogP contribution >= 0.6 is 0 Å². The Labute approximate surface area is 94.6 Å². The van der Waals surface area contributed by atoms with Crippen LogP contribution < -0.4 is 0 Å². The standard InChI is InChI=1S/C12H17NO3/c1-12(2)8-9(12)11(16)13(10(8)15)6-4-3-5-7(6)14/h6-9,14H,3-5H2,1-2H3/t6-,7-,8?,9?/m0/s1. The van der Waals surface area contributed by atoms with Crippen LogP contribution in [0.1, 0.15) is 33.1 Å². The SMILES string of the molecule is CC1(C)C2C(=O)N([C@H]3CCC[C@@H]3O)C(=O)C21. The molecule has 4 nitrogen and oxygen atoms in total. The van der Waals surface area contributed by atoms with Crippen molar-refractivity contribution in [1.29, 1.82) is 0 Å². The summed E-state index contributed by atoms with van der Waals surface area (Å²) in [4.78, 5) is 25.6. The minimum atomic E-state index is -0.506. The van der Waals surface area contributed by atoms with Crippen LogP contribution in [0, 0.1) is 17.3 Å². The molecular formula is C12H17NO3. The van der Waals surface area contributed by atoms with Crippen molar-refractivity contribution in [2.45, 2.75) is 45.3 Å². The minimum absolute atomic E-state index is 0.0500. The van der Waals surface area contributed by atoms with Crippen molar-refractivity contribution in [2.24, 2.45) is 17.3 Å². The van der Waals surface area contributed by atoms with Crippen molar-refractivity contribution in [3.8, 4) is 0 Å². The van der Waals surface area contributed by atoms with E-state index in [2.05, 4.69) is 0 Å². The highest BCUT2D eigenvalue weighted by atomic mass is 16.3. The van der Waals surface area contributed by atoms with Gasteiger partial charge in [-0.05, 0) is 24.7 Å². The number of rotatable bonds is 1. The van der Waals surface area contributed by atoms with Crippen LogP contribution in [0.5, 0.6) is 0 Å². The molecule has 0 aromatic heterocycles. The van der Waals surface area contributed by atoms with E-state index in [0.29, 0.717) is 6.42 Å². The van der Waals surface area contributed by atoms with Gasteiger partial charge in [0.25, 0.3) is 0 Å². The fourth-order valence-electron chi connectivity index (χ4n) is 3.52. The van der Waals surface area contributed by atoms with Crippen LogP contribution in [0.25, 0.3) is 0 Å². The average molecular weight is 223 g/mol. The first-order chi connectivity index (χ1) is 7.46. The molecule has 3 rings (SSSR count). The summed E-state index contributed by atoms with van der Waals surface area (Å²) in [6.07, 6.45) is 1.87. The van der Waals surface area contributed by atoms with Crippen molar-refractivity contribution < 1.29 is 14.7 Å². The van der Waals surface area contributed by atoms with E-state index in [-0.39, 0.29) is 35.1 Å². The lowest BCUT2D eigenvalue weighted by Crippen LogP contribution is -2.47. The number of amides is 2. The molecule has 3 fully saturated rings. The molecule has 0 radical (unpaired) electrons. The van der Waals surface area contributed by atoms with Gasteiger partial charge in [-0.15, -0.1) is 0 Å². The number of likely N-dealkylation sites (tertiary alicyclic amines) is 1. The fraction of sp³-hybridized carbons (Fsp3) is 0.833. The van der Waals surface area contributed by atoms with Crippen LogP contribution in [-0.4, -0.2) is 34.0 Å². The summed E-state index contributed by atoms with van der Waals surface area (Å²) in [5.41, 5.74) is -0.145. The highest BCUT2D eigenvalue weighted by Gasteiger charge is 2.73. The molecule has 88 valence electrons. The monoisotopic (exact) mass is 223 g/mol. The van der Waals surface area contributed by atoms with Gasteiger partial charge in [0.2, 0.25) is 11.8 Å². The summed E-state index contributed by atoms with van der Waals surface area (Å²) in [6, 6.07) is -0.247. The van der Waals surface area contributed by atoms with Gasteiger partial charge in [-0.1, -0.05) is 13.8 Å². The summed E-state index contributed by atoms with van der Waals surface area (Å²) >= 11 is 0. The summed E-state index contributed by atoms with van der Waals surface area (Å²) in [6.45, 7) is 3.95. The maximum atomic E-state index is 12.1. The van der Waals surface area contributed by atoms with Gasteiger partial charge in [0.15, 0.2) is 0 Å². The lowest BCUT2D eigenvalue weighted by atomic mass is 10.0. The van der Waals surface area contributed by atoms with E-state index in [1.807, 2.05) is 13.8 Å². The van der Waals surface area contributed by atoms with Crippen molar-refractivity contribution in [2.75, 3.05) is 0 Å². The molecule has 0 aromatic rings. The second kappa shape index (κ2) is 2.86. The molecular weight excluding hydrogens is 206 g/mol. The van der Waals surface area contributed by atoms with Gasteiger partial charge in [-0.3, -0.25) is 14.5 Å². The maximum absolute atomic E-state index is 12.1. The number of imide groups is 1. The second-order valence-corrected chi connectivity index (χ2v) is 5.89. The lowest BCUT2D eigenvalue weighted by Gasteiger charge is -2.28. The molecule has 16 heavy (non-hydrogen) atoms. The fourth-order valence-corrected chi connectivity index (χ4v) is 3.52. The molecule has 0 aromatic carbocycles. The van der Waals surface area contributed by atoms with E-state index < -0.39 is 6.10 Å². The molecule has 3 aliphatic rings. The predicted octanol–water partition coefficient (Wildman–Crippen LogP) is 0.541.